The molecule has 17 heavy (non-hydrogen) atoms. The van der Waals surface area contributed by atoms with Crippen LogP contribution in [0.25, 0.3) is 0 Å². The highest BCUT2D eigenvalue weighted by molar-refractivity contribution is 5.32. The summed E-state index contributed by atoms with van der Waals surface area (Å²) in [6.45, 7) is 1.50. The van der Waals surface area contributed by atoms with Crippen LogP contribution >= 0.6 is 0 Å². The fraction of sp³-hybridized carbons (Fsp3) is 0.556. The van der Waals surface area contributed by atoms with E-state index in [0.29, 0.717) is 0 Å². The Labute approximate surface area is 95.5 Å². The number of aliphatic imine (C=N–C) groups is 1. The molecule has 0 aliphatic carbocycles. The average Bonchev–Trinajstić information content (AvgIpc) is 2.31. The van der Waals surface area contributed by atoms with Crippen LogP contribution in [0.2, 0.25) is 0 Å². The molecule has 0 N–H and O–H groups in total. The van der Waals surface area contributed by atoms with Crippen LogP contribution in [-0.4, -0.2) is 26.3 Å². The zero-order chi connectivity index (χ0) is 13.2. The van der Waals surface area contributed by atoms with E-state index in [9.17, 15) is 19.2 Å². The summed E-state index contributed by atoms with van der Waals surface area (Å²) in [5.74, 6) is 0. The predicted octanol–water partition coefficient (Wildman–Crippen LogP) is -1.86. The topological polar surface area (TPSA) is 95.4 Å². The Morgan fingerprint density at radius 3 is 2.00 bits per heavy atom. The van der Waals surface area contributed by atoms with Crippen LogP contribution in [0, 0.1) is 0 Å². The van der Waals surface area contributed by atoms with E-state index in [1.54, 1.807) is 6.92 Å². The molecule has 1 aromatic heterocycles. The van der Waals surface area contributed by atoms with Gasteiger partial charge in [-0.2, -0.15) is 0 Å². The molecule has 0 aliphatic heterocycles. The van der Waals surface area contributed by atoms with E-state index in [1.807, 2.05) is 0 Å². The van der Waals surface area contributed by atoms with Gasteiger partial charge in [0.25, 0.3) is 0 Å². The van der Waals surface area contributed by atoms with E-state index < -0.39 is 23.1 Å². The number of aromatic nitrogens is 3. The molecule has 1 rings (SSSR count). The molecule has 92 valence electrons. The highest BCUT2D eigenvalue weighted by atomic mass is 16.2. The standard InChI is InChI=1S/C9H12N4O4/c1-6(4-10-5-14)13-8(16)11(2)7(15)12(3)9(13)17/h6H,4H2,1-3H3. The van der Waals surface area contributed by atoms with Gasteiger partial charge in [-0.3, -0.25) is 0 Å². The number of hydrogen-bond acceptors (Lipinski definition) is 5. The maximum absolute atomic E-state index is 11.7. The number of rotatable bonds is 3. The van der Waals surface area contributed by atoms with Gasteiger partial charge in [0.2, 0.25) is 6.08 Å². The maximum Gasteiger partial charge on any atom is 0.336 e. The first-order valence-electron chi connectivity index (χ1n) is 4.84. The van der Waals surface area contributed by atoms with Crippen molar-refractivity contribution in [2.75, 3.05) is 6.54 Å². The van der Waals surface area contributed by atoms with Crippen molar-refractivity contribution in [1.82, 2.24) is 13.7 Å². The monoisotopic (exact) mass is 240 g/mol. The number of hydrogen-bond donors (Lipinski definition) is 0. The third-order valence-electron chi connectivity index (χ3n) is 2.42. The SMILES string of the molecule is CC(CN=C=O)n1c(=O)n(C)c(=O)n(C)c1=O. The second-order valence-electron chi connectivity index (χ2n) is 3.62. The van der Waals surface area contributed by atoms with Crippen molar-refractivity contribution in [3.05, 3.63) is 31.5 Å². The highest BCUT2D eigenvalue weighted by Gasteiger charge is 2.15. The van der Waals surface area contributed by atoms with Crippen LogP contribution in [-0.2, 0) is 18.9 Å². The first-order chi connectivity index (χ1) is 7.91. The quantitative estimate of drug-likeness (QED) is 0.457. The molecule has 8 nitrogen and oxygen atoms in total. The zero-order valence-electron chi connectivity index (χ0n) is 9.71. The highest BCUT2D eigenvalue weighted by Crippen LogP contribution is 1.96. The van der Waals surface area contributed by atoms with Gasteiger partial charge in [-0.15, -0.1) is 0 Å². The van der Waals surface area contributed by atoms with Crippen LogP contribution in [0.4, 0.5) is 0 Å². The lowest BCUT2D eigenvalue weighted by Crippen LogP contribution is -2.53. The van der Waals surface area contributed by atoms with Crippen LogP contribution in [0.15, 0.2) is 19.4 Å². The lowest BCUT2D eigenvalue weighted by Gasteiger charge is -2.13. The summed E-state index contributed by atoms with van der Waals surface area (Å²) < 4.78 is 2.52. The minimum Gasteiger partial charge on any atom is -0.248 e. The number of carbonyl (C=O) groups excluding carboxylic acids is 1. The second kappa shape index (κ2) is 4.75. The molecule has 1 aromatic rings. The summed E-state index contributed by atoms with van der Waals surface area (Å²) in [7, 11) is 2.55. The molecule has 1 heterocycles. The lowest BCUT2D eigenvalue weighted by molar-refractivity contribution is 0.442. The fourth-order valence-electron chi connectivity index (χ4n) is 1.42. The van der Waals surface area contributed by atoms with Gasteiger partial charge in [0.1, 0.15) is 0 Å². The molecular weight excluding hydrogens is 228 g/mol. The average molecular weight is 240 g/mol. The molecule has 1 atom stereocenters. The van der Waals surface area contributed by atoms with Gasteiger partial charge in [0.05, 0.1) is 12.6 Å². The van der Waals surface area contributed by atoms with Gasteiger partial charge >= 0.3 is 17.1 Å². The number of nitrogens with zero attached hydrogens (tertiary/aromatic N) is 4. The normalized spacial score (nSPS) is 11.9. The molecule has 8 heteroatoms. The van der Waals surface area contributed by atoms with E-state index >= 15 is 0 Å². The molecule has 0 radical (unpaired) electrons. The summed E-state index contributed by atoms with van der Waals surface area (Å²) in [6.07, 6.45) is 1.33. The van der Waals surface area contributed by atoms with Crippen LogP contribution in [0.1, 0.15) is 13.0 Å². The van der Waals surface area contributed by atoms with Crippen molar-refractivity contribution < 1.29 is 4.79 Å². The summed E-state index contributed by atoms with van der Waals surface area (Å²) in [6, 6.07) is -0.616. The smallest absolute Gasteiger partial charge is 0.248 e. The van der Waals surface area contributed by atoms with Crippen LogP contribution in [0.5, 0.6) is 0 Å². The van der Waals surface area contributed by atoms with E-state index in [2.05, 4.69) is 4.99 Å². The van der Waals surface area contributed by atoms with Gasteiger partial charge in [-0.25, -0.2) is 37.9 Å². The largest absolute Gasteiger partial charge is 0.336 e. The maximum atomic E-state index is 11.7. The van der Waals surface area contributed by atoms with Crippen LogP contribution in [0.3, 0.4) is 0 Å². The molecule has 0 fully saturated rings. The molecule has 0 bridgehead atoms. The Kier molecular flexibility index (Phi) is 3.59. The molecular formula is C9H12N4O4. The van der Waals surface area contributed by atoms with E-state index in [-0.39, 0.29) is 6.54 Å². The second-order valence-corrected chi connectivity index (χ2v) is 3.62. The first kappa shape index (κ1) is 12.9. The van der Waals surface area contributed by atoms with Crippen molar-refractivity contribution in [1.29, 1.82) is 0 Å². The molecule has 0 aliphatic rings. The van der Waals surface area contributed by atoms with Crippen molar-refractivity contribution in [3.63, 3.8) is 0 Å². The molecule has 0 spiro atoms. The van der Waals surface area contributed by atoms with E-state index in [0.717, 1.165) is 13.7 Å². The Morgan fingerprint density at radius 1 is 1.12 bits per heavy atom. The summed E-state index contributed by atoms with van der Waals surface area (Å²) in [5.41, 5.74) is -2.15. The molecule has 1 unspecified atom stereocenters. The molecule has 0 amide bonds. The Morgan fingerprint density at radius 2 is 1.59 bits per heavy atom. The third kappa shape index (κ3) is 2.16. The summed E-state index contributed by atoms with van der Waals surface area (Å²) >= 11 is 0. The van der Waals surface area contributed by atoms with Crippen molar-refractivity contribution in [3.8, 4) is 0 Å². The Bertz CT molecular complexity index is 604. The lowest BCUT2D eigenvalue weighted by atomic mass is 10.3. The molecule has 0 saturated heterocycles. The summed E-state index contributed by atoms with van der Waals surface area (Å²) in [4.78, 5) is 48.2. The Hall–Kier alpha value is -2.21. The number of isocyanates is 1. The van der Waals surface area contributed by atoms with E-state index in [1.165, 1.54) is 20.2 Å². The third-order valence-corrected chi connectivity index (χ3v) is 2.42. The first-order valence-corrected chi connectivity index (χ1v) is 4.84. The minimum absolute atomic E-state index is 0.0448. The van der Waals surface area contributed by atoms with Crippen molar-refractivity contribution >= 4 is 6.08 Å². The molecule has 0 saturated carbocycles. The van der Waals surface area contributed by atoms with Crippen molar-refractivity contribution in [2.45, 2.75) is 13.0 Å². The zero-order valence-corrected chi connectivity index (χ0v) is 9.71. The van der Waals surface area contributed by atoms with Gasteiger partial charge in [-0.1, -0.05) is 0 Å². The summed E-state index contributed by atoms with van der Waals surface area (Å²) in [5, 5.41) is 0. The van der Waals surface area contributed by atoms with Gasteiger partial charge in [0.15, 0.2) is 0 Å². The van der Waals surface area contributed by atoms with Gasteiger partial charge in [0, 0.05) is 14.1 Å². The van der Waals surface area contributed by atoms with Crippen molar-refractivity contribution in [2.24, 2.45) is 19.1 Å². The van der Waals surface area contributed by atoms with E-state index in [4.69, 9.17) is 0 Å². The van der Waals surface area contributed by atoms with Crippen LogP contribution < -0.4 is 17.1 Å². The predicted molar refractivity (Wildman–Crippen MR) is 58.9 cm³/mol. The minimum atomic E-state index is -0.730. The van der Waals surface area contributed by atoms with Gasteiger partial charge < -0.3 is 0 Å². The fourth-order valence-corrected chi connectivity index (χ4v) is 1.42. The Balaban J connectivity index is 3.55. The molecule has 0 aromatic carbocycles. The van der Waals surface area contributed by atoms with Gasteiger partial charge in [-0.05, 0) is 6.92 Å².